The van der Waals surface area contributed by atoms with Crippen LogP contribution in [0.2, 0.25) is 0 Å². The van der Waals surface area contributed by atoms with Gasteiger partial charge >= 0.3 is 0 Å². The second-order valence-electron chi connectivity index (χ2n) is 8.04. The molecule has 1 atom stereocenters. The molecule has 7 nitrogen and oxygen atoms in total. The van der Waals surface area contributed by atoms with Gasteiger partial charge in [0.05, 0.1) is 17.5 Å². The van der Waals surface area contributed by atoms with Crippen LogP contribution in [0.5, 0.6) is 0 Å². The van der Waals surface area contributed by atoms with Gasteiger partial charge in [-0.1, -0.05) is 36.4 Å². The molecule has 1 aromatic heterocycles. The summed E-state index contributed by atoms with van der Waals surface area (Å²) in [5, 5.41) is 22.7. The highest BCUT2D eigenvalue weighted by molar-refractivity contribution is 5.95. The first-order chi connectivity index (χ1) is 15.6. The number of aromatic amines is 1. The lowest BCUT2D eigenvalue weighted by Gasteiger charge is -2.23. The van der Waals surface area contributed by atoms with Gasteiger partial charge in [0.15, 0.2) is 0 Å². The van der Waals surface area contributed by atoms with E-state index in [2.05, 4.69) is 45.1 Å². The Bertz CT molecular complexity index is 1090. The molecule has 164 valence electrons. The van der Waals surface area contributed by atoms with E-state index in [0.717, 1.165) is 55.1 Å². The topological polar surface area (TPSA) is 103 Å². The number of nitrogens with one attached hydrogen (secondary N) is 3. The summed E-state index contributed by atoms with van der Waals surface area (Å²) in [6.45, 7) is 4.17. The molecule has 1 fully saturated rings. The van der Waals surface area contributed by atoms with Gasteiger partial charge in [-0.05, 0) is 49.1 Å². The minimum absolute atomic E-state index is 0.276. The van der Waals surface area contributed by atoms with Crippen molar-refractivity contribution in [1.82, 2.24) is 20.8 Å². The van der Waals surface area contributed by atoms with Crippen LogP contribution in [0.3, 0.4) is 0 Å². The van der Waals surface area contributed by atoms with E-state index in [9.17, 15) is 4.79 Å². The number of H-pyrrole nitrogens is 1. The average Bonchev–Trinajstić information content (AvgIpc) is 3.34. The average molecular weight is 430 g/mol. The van der Waals surface area contributed by atoms with Crippen molar-refractivity contribution in [3.8, 4) is 28.6 Å². The van der Waals surface area contributed by atoms with Crippen molar-refractivity contribution in [2.45, 2.75) is 38.4 Å². The monoisotopic (exact) mass is 429 g/mol. The molecule has 1 aliphatic rings. The van der Waals surface area contributed by atoms with Crippen molar-refractivity contribution in [2.75, 3.05) is 13.2 Å². The molecule has 0 spiro atoms. The molecule has 0 aliphatic carbocycles. The summed E-state index contributed by atoms with van der Waals surface area (Å²) >= 11 is 0. The zero-order chi connectivity index (χ0) is 22.3. The van der Waals surface area contributed by atoms with Gasteiger partial charge < -0.3 is 15.4 Å². The highest BCUT2D eigenvalue weighted by Crippen LogP contribution is 2.25. The Morgan fingerprint density at radius 1 is 1.19 bits per heavy atom. The Morgan fingerprint density at radius 2 is 1.97 bits per heavy atom. The molecule has 2 heterocycles. The van der Waals surface area contributed by atoms with Crippen molar-refractivity contribution in [2.24, 2.45) is 0 Å². The quantitative estimate of drug-likeness (QED) is 0.532. The number of nitriles is 1. The Kier molecular flexibility index (Phi) is 6.95. The van der Waals surface area contributed by atoms with Crippen molar-refractivity contribution < 1.29 is 9.53 Å². The molecule has 3 N–H and O–H groups in total. The number of hydrogen-bond acceptors (Lipinski definition) is 5. The van der Waals surface area contributed by atoms with E-state index in [0.29, 0.717) is 11.6 Å². The maximum atomic E-state index is 12.3. The largest absolute Gasteiger partial charge is 0.381 e. The Labute approximate surface area is 187 Å². The number of carbonyl (C=O) groups is 1. The van der Waals surface area contributed by atoms with Crippen LogP contribution in [0.4, 0.5) is 0 Å². The first-order valence-electron chi connectivity index (χ1n) is 10.9. The van der Waals surface area contributed by atoms with Gasteiger partial charge in [0.2, 0.25) is 0 Å². The van der Waals surface area contributed by atoms with Crippen molar-refractivity contribution in [3.05, 3.63) is 65.7 Å². The van der Waals surface area contributed by atoms with Crippen LogP contribution in [0.1, 0.15) is 35.7 Å². The molecule has 0 bridgehead atoms. The standard InChI is InChI=1S/C25H27N5O2/c1-17(15-26)28-25(31)21-4-2-3-20(13-21)24-14-23(29-30-24)19-7-5-18(6-8-19)16-27-22-9-11-32-12-10-22/h2-8,13-14,17,22,27H,9-12,16H2,1H3,(H,28,31)(H,29,30)/t17-/m1/s1. The number of aromatic nitrogens is 2. The molecule has 0 unspecified atom stereocenters. The lowest BCUT2D eigenvalue weighted by atomic mass is 10.0. The summed E-state index contributed by atoms with van der Waals surface area (Å²) in [4.78, 5) is 12.3. The van der Waals surface area contributed by atoms with Crippen molar-refractivity contribution in [1.29, 1.82) is 5.26 Å². The highest BCUT2D eigenvalue weighted by Gasteiger charge is 2.14. The fraction of sp³-hybridized carbons (Fsp3) is 0.320. The van der Waals surface area contributed by atoms with Gasteiger partial charge in [-0.3, -0.25) is 9.89 Å². The first kappa shape index (κ1) is 21.8. The van der Waals surface area contributed by atoms with Crippen LogP contribution in [-0.4, -0.2) is 41.4 Å². The molecular formula is C25H27N5O2. The first-order valence-corrected chi connectivity index (χ1v) is 10.9. The molecule has 32 heavy (non-hydrogen) atoms. The van der Waals surface area contributed by atoms with Crippen LogP contribution >= 0.6 is 0 Å². The second kappa shape index (κ2) is 10.2. The summed E-state index contributed by atoms with van der Waals surface area (Å²) in [6.07, 6.45) is 2.13. The highest BCUT2D eigenvalue weighted by atomic mass is 16.5. The van der Waals surface area contributed by atoms with E-state index >= 15 is 0 Å². The molecule has 1 saturated heterocycles. The van der Waals surface area contributed by atoms with E-state index in [1.807, 2.05) is 24.3 Å². The Morgan fingerprint density at radius 3 is 2.72 bits per heavy atom. The van der Waals surface area contributed by atoms with E-state index in [4.69, 9.17) is 10.00 Å². The minimum Gasteiger partial charge on any atom is -0.381 e. The number of ether oxygens (including phenoxy) is 1. The summed E-state index contributed by atoms with van der Waals surface area (Å²) < 4.78 is 5.41. The van der Waals surface area contributed by atoms with Crippen LogP contribution < -0.4 is 10.6 Å². The number of nitrogens with zero attached hydrogens (tertiary/aromatic N) is 2. The van der Waals surface area contributed by atoms with Crippen LogP contribution in [0.25, 0.3) is 22.5 Å². The second-order valence-corrected chi connectivity index (χ2v) is 8.04. The third-order valence-corrected chi connectivity index (χ3v) is 5.62. The SMILES string of the molecule is C[C@H](C#N)NC(=O)c1cccc(-c2cc(-c3ccc(CNC4CCOCC4)cc3)[nH]n2)c1. The van der Waals surface area contributed by atoms with Gasteiger partial charge in [0, 0.05) is 36.9 Å². The van der Waals surface area contributed by atoms with Crippen molar-refractivity contribution in [3.63, 3.8) is 0 Å². The fourth-order valence-corrected chi connectivity index (χ4v) is 3.72. The molecule has 2 aromatic carbocycles. The van der Waals surface area contributed by atoms with E-state index in [-0.39, 0.29) is 5.91 Å². The normalized spacial score (nSPS) is 15.1. The maximum Gasteiger partial charge on any atom is 0.252 e. The lowest BCUT2D eigenvalue weighted by molar-refractivity contribution is 0.0776. The zero-order valence-corrected chi connectivity index (χ0v) is 18.1. The predicted octanol–water partition coefficient (Wildman–Crippen LogP) is 3.65. The molecule has 1 amide bonds. The lowest BCUT2D eigenvalue weighted by Crippen LogP contribution is -2.34. The minimum atomic E-state index is -0.544. The summed E-state index contributed by atoms with van der Waals surface area (Å²) in [5.74, 6) is -0.276. The van der Waals surface area contributed by atoms with Gasteiger partial charge in [0.25, 0.3) is 5.91 Å². The smallest absolute Gasteiger partial charge is 0.252 e. The molecule has 1 aliphatic heterocycles. The van der Waals surface area contributed by atoms with Gasteiger partial charge in [-0.25, -0.2) is 0 Å². The van der Waals surface area contributed by atoms with Crippen molar-refractivity contribution >= 4 is 5.91 Å². The third-order valence-electron chi connectivity index (χ3n) is 5.62. The molecule has 4 rings (SSSR count). The van der Waals surface area contributed by atoms with E-state index < -0.39 is 6.04 Å². The fourth-order valence-electron chi connectivity index (χ4n) is 3.72. The molecule has 3 aromatic rings. The molecule has 0 saturated carbocycles. The number of rotatable bonds is 7. The number of hydrogen-bond donors (Lipinski definition) is 3. The molecule has 7 heteroatoms. The summed E-state index contributed by atoms with van der Waals surface area (Å²) in [5.41, 5.74) is 5.29. The number of benzene rings is 2. The van der Waals surface area contributed by atoms with Gasteiger partial charge in [-0.2, -0.15) is 10.4 Å². The Hall–Kier alpha value is -3.47. The number of carbonyl (C=O) groups excluding carboxylic acids is 1. The Balaban J connectivity index is 1.42. The van der Waals surface area contributed by atoms with Crippen LogP contribution in [-0.2, 0) is 11.3 Å². The third kappa shape index (κ3) is 5.41. The van der Waals surface area contributed by atoms with E-state index in [1.54, 1.807) is 19.1 Å². The molecule has 0 radical (unpaired) electrons. The summed E-state index contributed by atoms with van der Waals surface area (Å²) in [6, 6.07) is 19.6. The summed E-state index contributed by atoms with van der Waals surface area (Å²) in [7, 11) is 0. The predicted molar refractivity (Wildman–Crippen MR) is 123 cm³/mol. The molecular weight excluding hydrogens is 402 g/mol. The maximum absolute atomic E-state index is 12.3. The van der Waals surface area contributed by atoms with Crippen LogP contribution in [0, 0.1) is 11.3 Å². The number of amides is 1. The zero-order valence-electron chi connectivity index (χ0n) is 18.1. The van der Waals surface area contributed by atoms with Crippen LogP contribution in [0.15, 0.2) is 54.6 Å². The van der Waals surface area contributed by atoms with Gasteiger partial charge in [-0.15, -0.1) is 0 Å². The van der Waals surface area contributed by atoms with E-state index in [1.165, 1.54) is 5.56 Å². The van der Waals surface area contributed by atoms with Gasteiger partial charge in [0.1, 0.15) is 6.04 Å².